The van der Waals surface area contributed by atoms with Gasteiger partial charge in [-0.25, -0.2) is 0 Å². The third kappa shape index (κ3) is 4.74. The molecule has 0 bridgehead atoms. The number of rotatable bonds is 5. The van der Waals surface area contributed by atoms with Gasteiger partial charge < -0.3 is 9.47 Å². The summed E-state index contributed by atoms with van der Waals surface area (Å²) >= 11 is 5.58. The molecule has 3 aromatic carbocycles. The second-order valence-corrected chi connectivity index (χ2v) is 7.69. The monoisotopic (exact) mass is 554 g/mol. The second-order valence-electron chi connectivity index (χ2n) is 5.74. The van der Waals surface area contributed by atoms with Crippen LogP contribution in [0.5, 0.6) is 11.5 Å². The van der Waals surface area contributed by atoms with Crippen molar-refractivity contribution in [1.82, 2.24) is 10.9 Å². The predicted molar refractivity (Wildman–Crippen MR) is 118 cm³/mol. The number of nitrogens with one attached hydrogen (secondary N) is 2. The summed E-state index contributed by atoms with van der Waals surface area (Å²) in [5.41, 5.74) is 5.12. The maximum Gasteiger partial charge on any atom is 0.276 e. The van der Waals surface area contributed by atoms with Crippen molar-refractivity contribution in [3.63, 3.8) is 0 Å². The molecule has 3 aromatic rings. The predicted octanol–water partition coefficient (Wildman–Crippen LogP) is 4.06. The SMILES string of the molecule is COc1ccc(C(=O)NNC(=O)COc2ccc3ccccc3c2Br)cc1I. The number of amides is 2. The molecule has 0 saturated carbocycles. The van der Waals surface area contributed by atoms with Crippen LogP contribution >= 0.6 is 38.5 Å². The van der Waals surface area contributed by atoms with Crippen molar-refractivity contribution in [2.24, 2.45) is 0 Å². The number of carbonyl (C=O) groups excluding carboxylic acids is 2. The molecule has 6 nitrogen and oxygen atoms in total. The first-order valence-corrected chi connectivity index (χ1v) is 10.1. The molecule has 0 spiro atoms. The minimum absolute atomic E-state index is 0.239. The second kappa shape index (κ2) is 9.24. The summed E-state index contributed by atoms with van der Waals surface area (Å²) in [5.74, 6) is 0.317. The molecule has 0 saturated heterocycles. The Kier molecular flexibility index (Phi) is 6.74. The van der Waals surface area contributed by atoms with Gasteiger partial charge in [0.2, 0.25) is 0 Å². The van der Waals surface area contributed by atoms with Crippen LogP contribution in [0.1, 0.15) is 10.4 Å². The van der Waals surface area contributed by atoms with E-state index in [1.165, 1.54) is 0 Å². The summed E-state index contributed by atoms with van der Waals surface area (Å²) in [6.45, 7) is -0.239. The maximum atomic E-state index is 12.2. The standard InChI is InChI=1S/C20H16BrIN2O4/c1-27-16-8-7-13(10-15(16)22)20(26)24-23-18(25)11-28-17-9-6-12-4-2-3-5-14(12)19(17)21/h2-10H,11H2,1H3,(H,23,25)(H,24,26). The molecule has 0 aliphatic carbocycles. The smallest absolute Gasteiger partial charge is 0.276 e. The highest BCUT2D eigenvalue weighted by atomic mass is 127. The van der Waals surface area contributed by atoms with Crippen LogP contribution in [-0.2, 0) is 4.79 Å². The third-order valence-electron chi connectivity index (χ3n) is 3.92. The van der Waals surface area contributed by atoms with E-state index in [-0.39, 0.29) is 6.61 Å². The van der Waals surface area contributed by atoms with E-state index < -0.39 is 11.8 Å². The fourth-order valence-corrected chi connectivity index (χ4v) is 3.85. The molecule has 8 heteroatoms. The van der Waals surface area contributed by atoms with E-state index in [9.17, 15) is 9.59 Å². The molecule has 0 heterocycles. The Bertz CT molecular complexity index is 1040. The first-order valence-electron chi connectivity index (χ1n) is 8.22. The van der Waals surface area contributed by atoms with Crippen LogP contribution in [0.2, 0.25) is 0 Å². The fourth-order valence-electron chi connectivity index (χ4n) is 2.51. The highest BCUT2D eigenvalue weighted by Gasteiger charge is 2.12. The molecular formula is C20H16BrIN2O4. The Hall–Kier alpha value is -2.33. The molecule has 2 N–H and O–H groups in total. The van der Waals surface area contributed by atoms with Crippen LogP contribution in [0, 0.1) is 3.57 Å². The fraction of sp³-hybridized carbons (Fsp3) is 0.100. The number of hydrogen-bond acceptors (Lipinski definition) is 4. The first kappa shape index (κ1) is 20.4. The lowest BCUT2D eigenvalue weighted by Gasteiger charge is -2.11. The lowest BCUT2D eigenvalue weighted by Crippen LogP contribution is -2.43. The highest BCUT2D eigenvalue weighted by molar-refractivity contribution is 14.1. The molecular weight excluding hydrogens is 539 g/mol. The van der Waals surface area contributed by atoms with Gasteiger partial charge in [0, 0.05) is 5.56 Å². The molecule has 2 amide bonds. The summed E-state index contributed by atoms with van der Waals surface area (Å²) < 4.78 is 12.3. The number of hydrazine groups is 1. The number of ether oxygens (including phenoxy) is 2. The maximum absolute atomic E-state index is 12.2. The van der Waals surface area contributed by atoms with Crippen LogP contribution in [-0.4, -0.2) is 25.5 Å². The minimum atomic E-state index is -0.475. The topological polar surface area (TPSA) is 76.7 Å². The van der Waals surface area contributed by atoms with Gasteiger partial charge in [0.05, 0.1) is 15.2 Å². The quantitative estimate of drug-likeness (QED) is 0.368. The number of halogens is 2. The number of carbonyl (C=O) groups is 2. The zero-order chi connectivity index (χ0) is 20.1. The molecule has 0 aliphatic rings. The summed E-state index contributed by atoms with van der Waals surface area (Å²) in [5, 5.41) is 2.05. The van der Waals surface area contributed by atoms with E-state index in [1.54, 1.807) is 31.4 Å². The zero-order valence-corrected chi connectivity index (χ0v) is 18.5. The van der Waals surface area contributed by atoms with Crippen molar-refractivity contribution in [2.45, 2.75) is 0 Å². The van der Waals surface area contributed by atoms with E-state index in [0.29, 0.717) is 17.1 Å². The van der Waals surface area contributed by atoms with Crippen molar-refractivity contribution in [2.75, 3.05) is 13.7 Å². The van der Waals surface area contributed by atoms with E-state index >= 15 is 0 Å². The van der Waals surface area contributed by atoms with Gasteiger partial charge in [-0.3, -0.25) is 20.4 Å². The van der Waals surface area contributed by atoms with Crippen molar-refractivity contribution >= 4 is 61.1 Å². The van der Waals surface area contributed by atoms with Crippen molar-refractivity contribution in [3.8, 4) is 11.5 Å². The number of hydrogen-bond donors (Lipinski definition) is 2. The van der Waals surface area contributed by atoms with E-state index in [1.807, 2.05) is 30.3 Å². The third-order valence-corrected chi connectivity index (χ3v) is 5.58. The van der Waals surface area contributed by atoms with Gasteiger partial charge in [0.1, 0.15) is 11.5 Å². The normalized spacial score (nSPS) is 10.4. The minimum Gasteiger partial charge on any atom is -0.496 e. The van der Waals surface area contributed by atoms with Gasteiger partial charge in [0.25, 0.3) is 11.8 Å². The summed E-state index contributed by atoms with van der Waals surface area (Å²) in [6, 6.07) is 16.5. The van der Waals surface area contributed by atoms with Gasteiger partial charge in [-0.1, -0.05) is 30.3 Å². The van der Waals surface area contributed by atoms with Gasteiger partial charge in [-0.15, -0.1) is 0 Å². The molecule has 0 aliphatic heterocycles. The van der Waals surface area contributed by atoms with Gasteiger partial charge in [-0.05, 0) is 73.6 Å². The largest absolute Gasteiger partial charge is 0.496 e. The Morgan fingerprint density at radius 2 is 1.79 bits per heavy atom. The van der Waals surface area contributed by atoms with Gasteiger partial charge in [0.15, 0.2) is 6.61 Å². The Labute approximate surface area is 183 Å². The molecule has 0 radical (unpaired) electrons. The average Bonchev–Trinajstić information content (AvgIpc) is 2.71. The van der Waals surface area contributed by atoms with Crippen LogP contribution in [0.4, 0.5) is 0 Å². The Morgan fingerprint density at radius 1 is 1.04 bits per heavy atom. The Morgan fingerprint density at radius 3 is 2.54 bits per heavy atom. The van der Waals surface area contributed by atoms with Crippen LogP contribution in [0.15, 0.2) is 59.1 Å². The van der Waals surface area contributed by atoms with Crippen molar-refractivity contribution < 1.29 is 19.1 Å². The Balaban J connectivity index is 1.55. The molecule has 28 heavy (non-hydrogen) atoms. The number of benzene rings is 3. The molecule has 0 aromatic heterocycles. The number of methoxy groups -OCH3 is 1. The highest BCUT2D eigenvalue weighted by Crippen LogP contribution is 2.32. The van der Waals surface area contributed by atoms with Gasteiger partial charge in [-0.2, -0.15) is 0 Å². The van der Waals surface area contributed by atoms with Crippen molar-refractivity contribution in [1.29, 1.82) is 0 Å². The van der Waals surface area contributed by atoms with Crippen LogP contribution < -0.4 is 20.3 Å². The van der Waals surface area contributed by atoms with Crippen LogP contribution in [0.3, 0.4) is 0 Å². The lowest BCUT2D eigenvalue weighted by molar-refractivity contribution is -0.123. The zero-order valence-electron chi connectivity index (χ0n) is 14.8. The molecule has 0 atom stereocenters. The molecule has 3 rings (SSSR count). The van der Waals surface area contributed by atoms with E-state index in [2.05, 4.69) is 49.4 Å². The number of fused-ring (bicyclic) bond motifs is 1. The first-order chi connectivity index (χ1) is 13.5. The summed E-state index contributed by atoms with van der Waals surface area (Å²) in [6.07, 6.45) is 0. The molecule has 144 valence electrons. The summed E-state index contributed by atoms with van der Waals surface area (Å²) in [7, 11) is 1.56. The lowest BCUT2D eigenvalue weighted by atomic mass is 10.1. The van der Waals surface area contributed by atoms with Crippen LogP contribution in [0.25, 0.3) is 10.8 Å². The molecule has 0 unspecified atom stereocenters. The van der Waals surface area contributed by atoms with E-state index in [0.717, 1.165) is 18.8 Å². The van der Waals surface area contributed by atoms with Gasteiger partial charge >= 0.3 is 0 Å². The molecule has 0 fully saturated rings. The average molecular weight is 555 g/mol. The van der Waals surface area contributed by atoms with Crippen molar-refractivity contribution in [3.05, 3.63) is 68.2 Å². The van der Waals surface area contributed by atoms with E-state index in [4.69, 9.17) is 9.47 Å². The summed E-state index contributed by atoms with van der Waals surface area (Å²) in [4.78, 5) is 24.2.